The maximum absolute atomic E-state index is 12.4. The second-order valence-corrected chi connectivity index (χ2v) is 5.81. The highest BCUT2D eigenvalue weighted by molar-refractivity contribution is 6.00. The van der Waals surface area contributed by atoms with Crippen LogP contribution in [-0.4, -0.2) is 18.5 Å². The summed E-state index contributed by atoms with van der Waals surface area (Å²) in [5.74, 6) is 0.771. The minimum atomic E-state index is -0.332. The van der Waals surface area contributed by atoms with E-state index in [4.69, 9.17) is 4.74 Å². The predicted molar refractivity (Wildman–Crippen MR) is 77.6 cm³/mol. The van der Waals surface area contributed by atoms with Crippen LogP contribution < -0.4 is 0 Å². The summed E-state index contributed by atoms with van der Waals surface area (Å²) < 4.78 is 5.79. The number of hydrogen-bond donors (Lipinski definition) is 0. The standard InChI is InChI=1S/C17H24O2/c1-12-8-9-13(2)16(10-12)17(18)14(3)19-11-15-6-4-5-7-15/h8-10,14-15H,4-7,11H2,1-3H3. The van der Waals surface area contributed by atoms with Crippen LogP contribution in [-0.2, 0) is 4.74 Å². The molecule has 1 atom stereocenters. The van der Waals surface area contributed by atoms with Crippen LogP contribution in [0.1, 0.15) is 54.1 Å². The molecule has 1 saturated carbocycles. The Morgan fingerprint density at radius 2 is 2.00 bits per heavy atom. The van der Waals surface area contributed by atoms with Gasteiger partial charge < -0.3 is 4.74 Å². The van der Waals surface area contributed by atoms with Gasteiger partial charge in [0.1, 0.15) is 6.10 Å². The average Bonchev–Trinajstić information content (AvgIpc) is 2.91. The molecule has 0 saturated heterocycles. The summed E-state index contributed by atoms with van der Waals surface area (Å²) in [5, 5.41) is 0. The zero-order valence-corrected chi connectivity index (χ0v) is 12.2. The molecule has 1 aliphatic rings. The van der Waals surface area contributed by atoms with Crippen molar-refractivity contribution in [3.8, 4) is 0 Å². The Hall–Kier alpha value is -1.15. The quantitative estimate of drug-likeness (QED) is 0.746. The molecular weight excluding hydrogens is 236 g/mol. The van der Waals surface area contributed by atoms with Gasteiger partial charge in [-0.25, -0.2) is 0 Å². The predicted octanol–water partition coefficient (Wildman–Crippen LogP) is 4.08. The lowest BCUT2D eigenvalue weighted by molar-refractivity contribution is 0.0350. The second-order valence-electron chi connectivity index (χ2n) is 5.81. The van der Waals surface area contributed by atoms with Gasteiger partial charge in [-0.2, -0.15) is 0 Å². The molecule has 2 nitrogen and oxygen atoms in total. The van der Waals surface area contributed by atoms with Crippen molar-refractivity contribution in [1.82, 2.24) is 0 Å². The van der Waals surface area contributed by atoms with Gasteiger partial charge >= 0.3 is 0 Å². The lowest BCUT2D eigenvalue weighted by atomic mass is 9.99. The second kappa shape index (κ2) is 6.33. The molecule has 0 spiro atoms. The number of ether oxygens (including phenoxy) is 1. The zero-order valence-electron chi connectivity index (χ0n) is 12.2. The number of hydrogen-bond acceptors (Lipinski definition) is 2. The van der Waals surface area contributed by atoms with E-state index in [1.165, 1.54) is 25.7 Å². The highest BCUT2D eigenvalue weighted by Gasteiger charge is 2.21. The summed E-state index contributed by atoms with van der Waals surface area (Å²) in [6.45, 7) is 6.60. The van der Waals surface area contributed by atoms with Crippen LogP contribution in [0.25, 0.3) is 0 Å². The first-order valence-electron chi connectivity index (χ1n) is 7.31. The van der Waals surface area contributed by atoms with Crippen LogP contribution in [0.2, 0.25) is 0 Å². The molecule has 0 bridgehead atoms. The molecule has 1 aromatic carbocycles. The lowest BCUT2D eigenvalue weighted by Gasteiger charge is -2.16. The first kappa shape index (κ1) is 14.3. The van der Waals surface area contributed by atoms with Crippen LogP contribution >= 0.6 is 0 Å². The third-order valence-corrected chi connectivity index (χ3v) is 4.08. The molecule has 0 N–H and O–H groups in total. The number of aryl methyl sites for hydroxylation is 2. The van der Waals surface area contributed by atoms with Crippen molar-refractivity contribution in [3.05, 3.63) is 34.9 Å². The molecule has 2 heteroatoms. The summed E-state index contributed by atoms with van der Waals surface area (Å²) in [5.41, 5.74) is 2.96. The van der Waals surface area contributed by atoms with Gasteiger partial charge in [0.15, 0.2) is 5.78 Å². The van der Waals surface area contributed by atoms with Gasteiger partial charge in [0.05, 0.1) is 6.61 Å². The third-order valence-electron chi connectivity index (χ3n) is 4.08. The van der Waals surface area contributed by atoms with E-state index in [0.717, 1.165) is 23.3 Å². The summed E-state index contributed by atoms with van der Waals surface area (Å²) in [6.07, 6.45) is 4.80. The summed E-state index contributed by atoms with van der Waals surface area (Å²) in [4.78, 5) is 12.4. The van der Waals surface area contributed by atoms with E-state index in [9.17, 15) is 4.79 Å². The number of carbonyl (C=O) groups excluding carboxylic acids is 1. The van der Waals surface area contributed by atoms with Crippen LogP contribution in [0.4, 0.5) is 0 Å². The fourth-order valence-corrected chi connectivity index (χ4v) is 2.75. The topological polar surface area (TPSA) is 26.3 Å². The first-order chi connectivity index (χ1) is 9.08. The van der Waals surface area contributed by atoms with Gasteiger partial charge in [-0.3, -0.25) is 4.79 Å². The maximum atomic E-state index is 12.4. The number of carbonyl (C=O) groups is 1. The Bertz CT molecular complexity index is 445. The molecule has 1 fully saturated rings. The van der Waals surface area contributed by atoms with Crippen molar-refractivity contribution in [1.29, 1.82) is 0 Å². The number of Topliss-reactive ketones (excluding diaryl/α,β-unsaturated/α-hetero) is 1. The van der Waals surface area contributed by atoms with Crippen LogP contribution in [0, 0.1) is 19.8 Å². The van der Waals surface area contributed by atoms with Gasteiger partial charge in [0.2, 0.25) is 0 Å². The highest BCUT2D eigenvalue weighted by atomic mass is 16.5. The van der Waals surface area contributed by atoms with E-state index in [1.807, 2.05) is 39.0 Å². The molecular formula is C17H24O2. The van der Waals surface area contributed by atoms with Crippen LogP contribution in [0.15, 0.2) is 18.2 Å². The Labute approximate surface area is 116 Å². The summed E-state index contributed by atoms with van der Waals surface area (Å²) in [6, 6.07) is 6.01. The normalized spacial score (nSPS) is 17.6. The minimum Gasteiger partial charge on any atom is -0.370 e. The molecule has 1 unspecified atom stereocenters. The summed E-state index contributed by atoms with van der Waals surface area (Å²) >= 11 is 0. The minimum absolute atomic E-state index is 0.110. The van der Waals surface area contributed by atoms with E-state index >= 15 is 0 Å². The number of ketones is 1. The molecule has 0 radical (unpaired) electrons. The molecule has 0 aliphatic heterocycles. The fourth-order valence-electron chi connectivity index (χ4n) is 2.75. The molecule has 19 heavy (non-hydrogen) atoms. The SMILES string of the molecule is Cc1ccc(C)c(C(=O)C(C)OCC2CCCC2)c1. The Morgan fingerprint density at radius 3 is 2.68 bits per heavy atom. The Morgan fingerprint density at radius 1 is 1.32 bits per heavy atom. The van der Waals surface area contributed by atoms with Crippen molar-refractivity contribution in [2.45, 2.75) is 52.6 Å². The fraction of sp³-hybridized carbons (Fsp3) is 0.588. The summed E-state index contributed by atoms with van der Waals surface area (Å²) in [7, 11) is 0. The van der Waals surface area contributed by atoms with Crippen molar-refractivity contribution in [2.75, 3.05) is 6.61 Å². The molecule has 0 heterocycles. The smallest absolute Gasteiger partial charge is 0.191 e. The third kappa shape index (κ3) is 3.66. The van der Waals surface area contributed by atoms with Crippen LogP contribution in [0.5, 0.6) is 0 Å². The van der Waals surface area contributed by atoms with Crippen molar-refractivity contribution < 1.29 is 9.53 Å². The van der Waals surface area contributed by atoms with Crippen molar-refractivity contribution >= 4 is 5.78 Å². The lowest BCUT2D eigenvalue weighted by Crippen LogP contribution is -2.24. The average molecular weight is 260 g/mol. The van der Waals surface area contributed by atoms with E-state index in [0.29, 0.717) is 5.92 Å². The van der Waals surface area contributed by atoms with Crippen LogP contribution in [0.3, 0.4) is 0 Å². The van der Waals surface area contributed by atoms with E-state index in [1.54, 1.807) is 0 Å². The molecule has 0 aromatic heterocycles. The van der Waals surface area contributed by atoms with Gasteiger partial charge in [-0.1, -0.05) is 30.5 Å². The van der Waals surface area contributed by atoms with Gasteiger partial charge in [0, 0.05) is 5.56 Å². The molecule has 1 aliphatic carbocycles. The zero-order chi connectivity index (χ0) is 13.8. The maximum Gasteiger partial charge on any atom is 0.191 e. The number of rotatable bonds is 5. The monoisotopic (exact) mass is 260 g/mol. The van der Waals surface area contributed by atoms with E-state index < -0.39 is 0 Å². The van der Waals surface area contributed by atoms with Crippen molar-refractivity contribution in [3.63, 3.8) is 0 Å². The Balaban J connectivity index is 1.95. The largest absolute Gasteiger partial charge is 0.370 e. The van der Waals surface area contributed by atoms with E-state index in [2.05, 4.69) is 0 Å². The number of benzene rings is 1. The van der Waals surface area contributed by atoms with Gasteiger partial charge in [-0.05, 0) is 51.2 Å². The Kier molecular flexibility index (Phi) is 4.76. The van der Waals surface area contributed by atoms with E-state index in [-0.39, 0.29) is 11.9 Å². The molecule has 2 rings (SSSR count). The molecule has 104 valence electrons. The van der Waals surface area contributed by atoms with Gasteiger partial charge in [-0.15, -0.1) is 0 Å². The highest BCUT2D eigenvalue weighted by Crippen LogP contribution is 2.25. The molecule has 0 amide bonds. The van der Waals surface area contributed by atoms with Gasteiger partial charge in [0.25, 0.3) is 0 Å². The molecule has 1 aromatic rings. The first-order valence-corrected chi connectivity index (χ1v) is 7.31. The van der Waals surface area contributed by atoms with Crippen molar-refractivity contribution in [2.24, 2.45) is 5.92 Å².